The van der Waals surface area contributed by atoms with E-state index in [0.717, 1.165) is 6.21 Å². The van der Waals surface area contributed by atoms with Crippen LogP contribution in [-0.2, 0) is 0 Å². The number of amidine groups is 1. The van der Waals surface area contributed by atoms with Gasteiger partial charge < -0.3 is 15.7 Å². The summed E-state index contributed by atoms with van der Waals surface area (Å²) in [6.07, 6.45) is 1.14. The summed E-state index contributed by atoms with van der Waals surface area (Å²) in [6.45, 7) is 1.27. The summed E-state index contributed by atoms with van der Waals surface area (Å²) in [4.78, 5) is 3.91. The number of nitrogens with zero attached hydrogens (tertiary/aromatic N) is 2. The lowest BCUT2D eigenvalue weighted by Gasteiger charge is -2.20. The lowest BCUT2D eigenvalue weighted by molar-refractivity contribution is 0.229. The fourth-order valence-corrected chi connectivity index (χ4v) is 0.880. The molecular formula is C5H9N4O2-. The molecule has 1 heterocycles. The molecule has 6 heteroatoms. The molecule has 0 aromatic rings. The Morgan fingerprint density at radius 1 is 1.91 bits per heavy atom. The molecule has 0 fully saturated rings. The molecule has 0 aromatic heterocycles. The molecule has 0 spiro atoms. The minimum absolute atomic E-state index is 0.329. The highest BCUT2D eigenvalue weighted by molar-refractivity contribution is 6.01. The molecule has 0 aromatic carbocycles. The minimum Gasteiger partial charge on any atom is -0.792 e. The van der Waals surface area contributed by atoms with Crippen molar-refractivity contribution in [3.05, 3.63) is 5.21 Å². The van der Waals surface area contributed by atoms with Gasteiger partial charge >= 0.3 is 0 Å². The third kappa shape index (κ3) is 1.89. The first kappa shape index (κ1) is 7.96. The first-order valence-electron chi connectivity index (χ1n) is 3.22. The van der Waals surface area contributed by atoms with Gasteiger partial charge in [0.15, 0.2) is 0 Å². The van der Waals surface area contributed by atoms with Crippen molar-refractivity contribution in [1.82, 2.24) is 10.8 Å². The maximum absolute atomic E-state index is 9.82. The minimum atomic E-state index is -0.383. The standard InChI is InChI=1S/C5H10N4O2/c10-8-3-4-5(9-11)7-2-1-6-4/h3-4,6,10-11H,1-2H2,(H,7,9)/p-1/b8-3-. The number of hydrogen-bond acceptors (Lipinski definition) is 6. The fourth-order valence-electron chi connectivity index (χ4n) is 0.880. The van der Waals surface area contributed by atoms with Gasteiger partial charge in [-0.3, -0.25) is 15.7 Å². The van der Waals surface area contributed by atoms with Gasteiger partial charge in [0, 0.05) is 12.8 Å². The van der Waals surface area contributed by atoms with Gasteiger partial charge in [0.1, 0.15) is 11.9 Å². The van der Waals surface area contributed by atoms with Crippen molar-refractivity contribution >= 4 is 12.1 Å². The highest BCUT2D eigenvalue weighted by atomic mass is 16.5. The largest absolute Gasteiger partial charge is 0.792 e. The second kappa shape index (κ2) is 3.89. The van der Waals surface area contributed by atoms with E-state index < -0.39 is 0 Å². The number of nitrogens with one attached hydrogen (secondary N) is 2. The van der Waals surface area contributed by atoms with Crippen LogP contribution in [0.3, 0.4) is 0 Å². The molecule has 1 atom stereocenters. The van der Waals surface area contributed by atoms with Gasteiger partial charge in [0.25, 0.3) is 0 Å². The highest BCUT2D eigenvalue weighted by Gasteiger charge is 2.14. The van der Waals surface area contributed by atoms with E-state index in [1.165, 1.54) is 0 Å². The maximum atomic E-state index is 9.82. The maximum Gasteiger partial charge on any atom is 0.143 e. The van der Waals surface area contributed by atoms with Crippen LogP contribution in [-0.4, -0.2) is 36.4 Å². The number of hydroxylamine groups is 1. The predicted molar refractivity (Wildman–Crippen MR) is 40.9 cm³/mol. The van der Waals surface area contributed by atoms with E-state index in [9.17, 15) is 5.21 Å². The van der Waals surface area contributed by atoms with Crippen LogP contribution in [0.15, 0.2) is 10.1 Å². The quantitative estimate of drug-likeness (QED) is 0.333. The zero-order valence-corrected chi connectivity index (χ0v) is 5.82. The van der Waals surface area contributed by atoms with Crippen LogP contribution in [0.4, 0.5) is 0 Å². The van der Waals surface area contributed by atoms with Crippen molar-refractivity contribution in [2.24, 2.45) is 10.1 Å². The summed E-state index contributed by atoms with van der Waals surface area (Å²) in [5.74, 6) is 0.329. The molecule has 62 valence electrons. The SMILES string of the molecule is [O-]/N=C\C1NCCN=C1NO. The highest BCUT2D eigenvalue weighted by Crippen LogP contribution is 1.90. The Bertz CT molecular complexity index is 179. The average Bonchev–Trinajstić information content (AvgIpc) is 2.06. The molecule has 0 amide bonds. The summed E-state index contributed by atoms with van der Waals surface area (Å²) in [5, 5.41) is 23.8. The Balaban J connectivity index is 2.61. The first-order chi connectivity index (χ1) is 5.38. The lowest BCUT2D eigenvalue weighted by atomic mass is 10.2. The Hall–Kier alpha value is -1.14. The summed E-state index contributed by atoms with van der Waals surface area (Å²) >= 11 is 0. The molecular weight excluding hydrogens is 148 g/mol. The number of rotatable bonds is 1. The zero-order valence-electron chi connectivity index (χ0n) is 5.82. The molecule has 0 saturated heterocycles. The van der Waals surface area contributed by atoms with Gasteiger partial charge in [-0.2, -0.15) is 0 Å². The van der Waals surface area contributed by atoms with E-state index in [4.69, 9.17) is 5.21 Å². The average molecular weight is 157 g/mol. The van der Waals surface area contributed by atoms with Crippen LogP contribution in [0, 0.1) is 5.21 Å². The summed E-state index contributed by atoms with van der Waals surface area (Å²) in [5.41, 5.74) is 1.90. The van der Waals surface area contributed by atoms with E-state index in [0.29, 0.717) is 18.9 Å². The van der Waals surface area contributed by atoms with Gasteiger partial charge in [0.05, 0.1) is 6.54 Å². The van der Waals surface area contributed by atoms with Crippen LogP contribution in [0.25, 0.3) is 0 Å². The Morgan fingerprint density at radius 3 is 3.36 bits per heavy atom. The van der Waals surface area contributed by atoms with Crippen molar-refractivity contribution < 1.29 is 5.21 Å². The summed E-state index contributed by atoms with van der Waals surface area (Å²) in [7, 11) is 0. The van der Waals surface area contributed by atoms with Gasteiger partial charge in [0.2, 0.25) is 0 Å². The third-order valence-corrected chi connectivity index (χ3v) is 1.38. The molecule has 1 unspecified atom stereocenters. The van der Waals surface area contributed by atoms with Gasteiger partial charge in [-0.15, -0.1) is 0 Å². The smallest absolute Gasteiger partial charge is 0.143 e. The molecule has 1 aliphatic heterocycles. The predicted octanol–water partition coefficient (Wildman–Crippen LogP) is -1.10. The molecule has 0 aliphatic carbocycles. The van der Waals surface area contributed by atoms with E-state index in [-0.39, 0.29) is 6.04 Å². The van der Waals surface area contributed by atoms with Crippen molar-refractivity contribution in [3.63, 3.8) is 0 Å². The molecule has 0 bridgehead atoms. The molecule has 11 heavy (non-hydrogen) atoms. The topological polar surface area (TPSA) is 92.1 Å². The van der Waals surface area contributed by atoms with Crippen LogP contribution >= 0.6 is 0 Å². The van der Waals surface area contributed by atoms with E-state index in [1.807, 2.05) is 5.48 Å². The van der Waals surface area contributed by atoms with Gasteiger partial charge in [-0.05, 0) is 0 Å². The molecule has 6 nitrogen and oxygen atoms in total. The zero-order chi connectivity index (χ0) is 8.10. The van der Waals surface area contributed by atoms with Crippen molar-refractivity contribution in [2.45, 2.75) is 6.04 Å². The van der Waals surface area contributed by atoms with Gasteiger partial charge in [-0.1, -0.05) is 0 Å². The van der Waals surface area contributed by atoms with Crippen LogP contribution in [0.1, 0.15) is 0 Å². The Morgan fingerprint density at radius 2 is 2.73 bits per heavy atom. The van der Waals surface area contributed by atoms with Gasteiger partial charge in [-0.25, -0.2) is 0 Å². The lowest BCUT2D eigenvalue weighted by Crippen LogP contribution is -2.48. The van der Waals surface area contributed by atoms with Crippen LogP contribution in [0.5, 0.6) is 0 Å². The Kier molecular flexibility index (Phi) is 2.82. The van der Waals surface area contributed by atoms with E-state index >= 15 is 0 Å². The fraction of sp³-hybridized carbons (Fsp3) is 0.600. The molecule has 0 radical (unpaired) electrons. The van der Waals surface area contributed by atoms with Crippen molar-refractivity contribution in [2.75, 3.05) is 13.1 Å². The van der Waals surface area contributed by atoms with Crippen molar-refractivity contribution in [3.8, 4) is 0 Å². The molecule has 0 saturated carbocycles. The van der Waals surface area contributed by atoms with E-state index in [2.05, 4.69) is 15.5 Å². The molecule has 1 rings (SSSR count). The second-order valence-electron chi connectivity index (χ2n) is 2.07. The monoisotopic (exact) mass is 157 g/mol. The second-order valence-corrected chi connectivity index (χ2v) is 2.07. The van der Waals surface area contributed by atoms with Crippen LogP contribution < -0.4 is 10.8 Å². The van der Waals surface area contributed by atoms with E-state index in [1.54, 1.807) is 0 Å². The normalized spacial score (nSPS) is 25.2. The van der Waals surface area contributed by atoms with Crippen molar-refractivity contribution in [1.29, 1.82) is 0 Å². The molecule has 3 N–H and O–H groups in total. The first-order valence-corrected chi connectivity index (χ1v) is 3.22. The number of hydrogen-bond donors (Lipinski definition) is 3. The number of aliphatic imine (C=N–C) groups is 1. The molecule has 1 aliphatic rings. The van der Waals surface area contributed by atoms with Crippen LogP contribution in [0.2, 0.25) is 0 Å². The Labute approximate surface area is 63.6 Å². The summed E-state index contributed by atoms with van der Waals surface area (Å²) < 4.78 is 0. The summed E-state index contributed by atoms with van der Waals surface area (Å²) in [6, 6.07) is -0.383. The third-order valence-electron chi connectivity index (χ3n) is 1.38.